The highest BCUT2D eigenvalue weighted by Gasteiger charge is 2.08. The van der Waals surface area contributed by atoms with Crippen molar-refractivity contribution in [2.24, 2.45) is 0 Å². The van der Waals surface area contributed by atoms with Crippen molar-refractivity contribution >= 4 is 17.7 Å². The molecule has 0 radical (unpaired) electrons. The molecule has 3 nitrogen and oxygen atoms in total. The second kappa shape index (κ2) is 5.70. The molecule has 0 spiro atoms. The van der Waals surface area contributed by atoms with Gasteiger partial charge in [-0.1, -0.05) is 6.92 Å². The van der Waals surface area contributed by atoms with Crippen molar-refractivity contribution in [3.05, 3.63) is 29.8 Å². The third-order valence-electron chi connectivity index (χ3n) is 1.76. The minimum atomic E-state index is -0.813. The molecule has 0 bridgehead atoms. The summed E-state index contributed by atoms with van der Waals surface area (Å²) in [6.07, 6.45) is 2.85. The molecule has 0 fully saturated rings. The van der Waals surface area contributed by atoms with Gasteiger partial charge < -0.3 is 5.11 Å². The van der Waals surface area contributed by atoms with Crippen LogP contribution in [0.2, 0.25) is 0 Å². The van der Waals surface area contributed by atoms with Crippen molar-refractivity contribution in [1.29, 1.82) is 0 Å². The largest absolute Gasteiger partial charge is 0.481 e. The van der Waals surface area contributed by atoms with Gasteiger partial charge in [0.2, 0.25) is 0 Å². The monoisotopic (exact) mass is 229 g/mol. The van der Waals surface area contributed by atoms with E-state index in [4.69, 9.17) is 5.11 Å². The number of carbonyl (C=O) groups is 1. The molecule has 1 heterocycles. The van der Waals surface area contributed by atoms with Crippen LogP contribution in [0.25, 0.3) is 0 Å². The maximum Gasteiger partial charge on any atom is 0.304 e. The highest BCUT2D eigenvalue weighted by Crippen LogP contribution is 2.19. The first kappa shape index (κ1) is 12.0. The van der Waals surface area contributed by atoms with Crippen LogP contribution in [0.5, 0.6) is 0 Å². The Hall–Kier alpha value is -1.10. The van der Waals surface area contributed by atoms with E-state index in [1.54, 1.807) is 6.20 Å². The predicted octanol–water partition coefficient (Wildman–Crippen LogP) is 2.32. The SMILES string of the molecule is CC(CC(=O)O)SCc1cncc(F)c1. The second-order valence-electron chi connectivity index (χ2n) is 3.23. The van der Waals surface area contributed by atoms with Crippen LogP contribution < -0.4 is 0 Å². The van der Waals surface area contributed by atoms with Gasteiger partial charge in [0.25, 0.3) is 0 Å². The Labute approximate surface area is 91.7 Å². The van der Waals surface area contributed by atoms with Crippen molar-refractivity contribution in [2.45, 2.75) is 24.3 Å². The normalized spacial score (nSPS) is 12.4. The number of carboxylic acid groups (broad SMARTS) is 1. The second-order valence-corrected chi connectivity index (χ2v) is 4.66. The molecule has 1 aromatic heterocycles. The van der Waals surface area contributed by atoms with E-state index in [1.165, 1.54) is 17.8 Å². The van der Waals surface area contributed by atoms with Gasteiger partial charge in [0.05, 0.1) is 12.6 Å². The van der Waals surface area contributed by atoms with Crippen LogP contribution in [-0.2, 0) is 10.5 Å². The van der Waals surface area contributed by atoms with Crippen LogP contribution in [0.1, 0.15) is 18.9 Å². The van der Waals surface area contributed by atoms with Crippen molar-refractivity contribution in [3.8, 4) is 0 Å². The lowest BCUT2D eigenvalue weighted by Crippen LogP contribution is -2.05. The van der Waals surface area contributed by atoms with Gasteiger partial charge in [-0.2, -0.15) is 11.8 Å². The average Bonchev–Trinajstić information content (AvgIpc) is 2.14. The highest BCUT2D eigenvalue weighted by molar-refractivity contribution is 7.99. The number of aliphatic carboxylic acids is 1. The Kier molecular flexibility index (Phi) is 4.55. The summed E-state index contributed by atoms with van der Waals surface area (Å²) in [7, 11) is 0. The van der Waals surface area contributed by atoms with Crippen LogP contribution in [0, 0.1) is 5.82 Å². The number of pyridine rings is 1. The number of thioether (sulfide) groups is 1. The Morgan fingerprint density at radius 3 is 3.00 bits per heavy atom. The summed E-state index contributed by atoms with van der Waals surface area (Å²) in [5, 5.41) is 8.56. The number of nitrogens with zero attached hydrogens (tertiary/aromatic N) is 1. The maximum absolute atomic E-state index is 12.7. The molecule has 1 rings (SSSR count). The molecule has 1 N–H and O–H groups in total. The standard InChI is InChI=1S/C10H12FNO2S/c1-7(2-10(13)14)15-6-8-3-9(11)5-12-4-8/h3-5,7H,2,6H2,1H3,(H,13,14). The quantitative estimate of drug-likeness (QED) is 0.841. The van der Waals surface area contributed by atoms with E-state index in [2.05, 4.69) is 4.98 Å². The van der Waals surface area contributed by atoms with Crippen molar-refractivity contribution in [2.75, 3.05) is 0 Å². The minimum Gasteiger partial charge on any atom is -0.481 e. The van der Waals surface area contributed by atoms with E-state index in [0.717, 1.165) is 11.8 Å². The number of carboxylic acids is 1. The minimum absolute atomic E-state index is 0.0192. The average molecular weight is 229 g/mol. The lowest BCUT2D eigenvalue weighted by atomic mass is 10.3. The van der Waals surface area contributed by atoms with Gasteiger partial charge in [0.1, 0.15) is 5.82 Å². The third kappa shape index (κ3) is 4.78. The van der Waals surface area contributed by atoms with Gasteiger partial charge in [0, 0.05) is 17.2 Å². The maximum atomic E-state index is 12.7. The van der Waals surface area contributed by atoms with E-state index in [0.29, 0.717) is 5.75 Å². The number of hydrogen-bond acceptors (Lipinski definition) is 3. The zero-order valence-corrected chi connectivity index (χ0v) is 9.13. The Morgan fingerprint density at radius 2 is 2.40 bits per heavy atom. The van der Waals surface area contributed by atoms with E-state index < -0.39 is 5.97 Å². The molecule has 1 unspecified atom stereocenters. The Balaban J connectivity index is 2.40. The molecule has 0 aromatic carbocycles. The fourth-order valence-corrected chi connectivity index (χ4v) is 1.97. The molecule has 5 heteroatoms. The van der Waals surface area contributed by atoms with Crippen LogP contribution in [0.15, 0.2) is 18.5 Å². The first-order chi connectivity index (χ1) is 7.08. The van der Waals surface area contributed by atoms with Crippen molar-refractivity contribution < 1.29 is 14.3 Å². The van der Waals surface area contributed by atoms with Crippen LogP contribution in [-0.4, -0.2) is 21.3 Å². The molecule has 82 valence electrons. The summed E-state index contributed by atoms with van der Waals surface area (Å²) >= 11 is 1.48. The van der Waals surface area contributed by atoms with Crippen molar-refractivity contribution in [1.82, 2.24) is 4.98 Å². The number of halogens is 1. The van der Waals surface area contributed by atoms with E-state index in [9.17, 15) is 9.18 Å². The fraction of sp³-hybridized carbons (Fsp3) is 0.400. The fourth-order valence-electron chi connectivity index (χ4n) is 1.08. The van der Waals surface area contributed by atoms with Gasteiger partial charge in [-0.15, -0.1) is 0 Å². The van der Waals surface area contributed by atoms with Crippen LogP contribution >= 0.6 is 11.8 Å². The molecule has 1 aromatic rings. The van der Waals surface area contributed by atoms with Crippen LogP contribution in [0.4, 0.5) is 4.39 Å². The zero-order chi connectivity index (χ0) is 11.3. The smallest absolute Gasteiger partial charge is 0.304 e. The summed E-state index contributed by atoms with van der Waals surface area (Å²) in [6, 6.07) is 1.41. The zero-order valence-electron chi connectivity index (χ0n) is 8.31. The number of rotatable bonds is 5. The first-order valence-electron chi connectivity index (χ1n) is 4.50. The first-order valence-corrected chi connectivity index (χ1v) is 5.55. The Morgan fingerprint density at radius 1 is 1.67 bits per heavy atom. The molecular weight excluding hydrogens is 217 g/mol. The summed E-state index contributed by atoms with van der Waals surface area (Å²) in [4.78, 5) is 14.1. The number of aromatic nitrogens is 1. The molecule has 1 atom stereocenters. The summed E-state index contributed by atoms with van der Waals surface area (Å²) < 4.78 is 12.7. The Bertz CT molecular complexity index is 346. The molecule has 0 aliphatic heterocycles. The van der Waals surface area contributed by atoms with Gasteiger partial charge in [-0.05, 0) is 11.6 Å². The van der Waals surface area contributed by atoms with Crippen LogP contribution in [0.3, 0.4) is 0 Å². The molecule has 0 aliphatic rings. The highest BCUT2D eigenvalue weighted by atomic mass is 32.2. The number of hydrogen-bond donors (Lipinski definition) is 1. The predicted molar refractivity (Wildman–Crippen MR) is 57.2 cm³/mol. The van der Waals surface area contributed by atoms with Gasteiger partial charge in [-0.25, -0.2) is 4.39 Å². The lowest BCUT2D eigenvalue weighted by Gasteiger charge is -2.07. The lowest BCUT2D eigenvalue weighted by molar-refractivity contribution is -0.136. The van der Waals surface area contributed by atoms with E-state index in [-0.39, 0.29) is 17.5 Å². The van der Waals surface area contributed by atoms with E-state index >= 15 is 0 Å². The molecule has 0 saturated carbocycles. The van der Waals surface area contributed by atoms with Gasteiger partial charge >= 0.3 is 5.97 Å². The molecular formula is C10H12FNO2S. The van der Waals surface area contributed by atoms with Gasteiger partial charge in [-0.3, -0.25) is 9.78 Å². The molecule has 0 amide bonds. The third-order valence-corrected chi connectivity index (χ3v) is 2.99. The summed E-state index contributed by atoms with van der Waals surface area (Å²) in [5.41, 5.74) is 0.775. The molecule has 0 saturated heterocycles. The van der Waals surface area contributed by atoms with E-state index in [1.807, 2.05) is 6.92 Å². The van der Waals surface area contributed by atoms with Gasteiger partial charge in [0.15, 0.2) is 0 Å². The van der Waals surface area contributed by atoms with Crippen molar-refractivity contribution in [3.63, 3.8) is 0 Å². The summed E-state index contributed by atoms with van der Waals surface area (Å²) in [6.45, 7) is 1.84. The molecule has 15 heavy (non-hydrogen) atoms. The molecule has 0 aliphatic carbocycles. The summed E-state index contributed by atoms with van der Waals surface area (Å²) in [5.74, 6) is -0.592. The topological polar surface area (TPSA) is 50.2 Å².